The maximum absolute atomic E-state index is 12.7. The summed E-state index contributed by atoms with van der Waals surface area (Å²) in [5.74, 6) is -0.718. The molecule has 0 amide bonds. The minimum Gasteiger partial charge on any atom is -0.223 e. The quantitative estimate of drug-likeness (QED) is 0.839. The molecule has 0 saturated heterocycles. The lowest BCUT2D eigenvalue weighted by Gasteiger charge is -2.03. The molecule has 3 atom stereocenters. The maximum atomic E-state index is 12.7. The van der Waals surface area contributed by atoms with Crippen molar-refractivity contribution in [3.63, 3.8) is 0 Å². The van der Waals surface area contributed by atoms with E-state index in [1.165, 1.54) is 0 Å². The highest BCUT2D eigenvalue weighted by atomic mass is 79.9. The van der Waals surface area contributed by atoms with Gasteiger partial charge in [0.15, 0.2) is 9.84 Å². The van der Waals surface area contributed by atoms with E-state index in [2.05, 4.69) is 22.0 Å². The highest BCUT2D eigenvalue weighted by molar-refractivity contribution is 9.10. The Labute approximate surface area is 132 Å². The van der Waals surface area contributed by atoms with Gasteiger partial charge in [-0.2, -0.15) is 5.26 Å². The third kappa shape index (κ3) is 2.50. The van der Waals surface area contributed by atoms with Crippen LogP contribution in [-0.4, -0.2) is 13.7 Å². The van der Waals surface area contributed by atoms with Gasteiger partial charge >= 0.3 is 0 Å². The molecular formula is C16H12BrNO2S. The smallest absolute Gasteiger partial charge is 0.183 e. The van der Waals surface area contributed by atoms with E-state index in [1.54, 1.807) is 30.3 Å². The Morgan fingerprint density at radius 2 is 1.62 bits per heavy atom. The molecule has 106 valence electrons. The Kier molecular flexibility index (Phi) is 3.60. The van der Waals surface area contributed by atoms with Crippen molar-refractivity contribution >= 4 is 25.8 Å². The van der Waals surface area contributed by atoms with E-state index < -0.39 is 21.0 Å². The molecule has 1 saturated carbocycles. The SMILES string of the molecule is N#C[C@@H]1[C@@H](c2ccc(Br)cc2)[C@H]1S(=O)(=O)c1ccccc1. The Hall–Kier alpha value is -1.64. The summed E-state index contributed by atoms with van der Waals surface area (Å²) >= 11 is 3.36. The monoisotopic (exact) mass is 361 g/mol. The summed E-state index contributed by atoms with van der Waals surface area (Å²) < 4.78 is 26.2. The van der Waals surface area contributed by atoms with Crippen LogP contribution >= 0.6 is 15.9 Å². The van der Waals surface area contributed by atoms with Gasteiger partial charge in [0.2, 0.25) is 0 Å². The number of hydrogen-bond acceptors (Lipinski definition) is 3. The van der Waals surface area contributed by atoms with Gasteiger partial charge in [0.25, 0.3) is 0 Å². The average Bonchev–Trinajstić information content (AvgIpc) is 3.24. The highest BCUT2D eigenvalue weighted by Gasteiger charge is 2.59. The fourth-order valence-electron chi connectivity index (χ4n) is 2.67. The second-order valence-electron chi connectivity index (χ2n) is 5.05. The largest absolute Gasteiger partial charge is 0.223 e. The summed E-state index contributed by atoms with van der Waals surface area (Å²) in [5, 5.41) is 8.60. The van der Waals surface area contributed by atoms with Crippen molar-refractivity contribution in [2.24, 2.45) is 5.92 Å². The number of benzene rings is 2. The number of hydrogen-bond donors (Lipinski definition) is 0. The van der Waals surface area contributed by atoms with Gasteiger partial charge in [-0.15, -0.1) is 0 Å². The van der Waals surface area contributed by atoms with E-state index in [4.69, 9.17) is 0 Å². The molecule has 0 heterocycles. The number of nitriles is 1. The van der Waals surface area contributed by atoms with Crippen LogP contribution in [0.5, 0.6) is 0 Å². The van der Waals surface area contributed by atoms with Crippen molar-refractivity contribution in [2.75, 3.05) is 0 Å². The molecule has 0 radical (unpaired) electrons. The van der Waals surface area contributed by atoms with Gasteiger partial charge in [-0.1, -0.05) is 46.3 Å². The molecule has 1 aliphatic carbocycles. The summed E-state index contributed by atoms with van der Waals surface area (Å²) in [7, 11) is -3.47. The lowest BCUT2D eigenvalue weighted by molar-refractivity contribution is 0.593. The first-order valence-corrected chi connectivity index (χ1v) is 8.83. The lowest BCUT2D eigenvalue weighted by Crippen LogP contribution is -2.10. The van der Waals surface area contributed by atoms with Crippen LogP contribution in [0.25, 0.3) is 0 Å². The molecule has 1 fully saturated rings. The van der Waals surface area contributed by atoms with Gasteiger partial charge in [-0.05, 0) is 29.8 Å². The van der Waals surface area contributed by atoms with Crippen LogP contribution in [0.3, 0.4) is 0 Å². The molecule has 1 aliphatic rings. The van der Waals surface area contributed by atoms with Crippen LogP contribution < -0.4 is 0 Å². The Balaban J connectivity index is 1.96. The van der Waals surface area contributed by atoms with Crippen LogP contribution in [0.15, 0.2) is 64.0 Å². The molecule has 21 heavy (non-hydrogen) atoms. The molecule has 3 nitrogen and oxygen atoms in total. The summed E-state index contributed by atoms with van der Waals surface area (Å²) in [6, 6.07) is 18.0. The maximum Gasteiger partial charge on any atom is 0.183 e. The van der Waals surface area contributed by atoms with E-state index in [9.17, 15) is 13.7 Å². The molecule has 2 aromatic rings. The van der Waals surface area contributed by atoms with E-state index in [-0.39, 0.29) is 10.8 Å². The molecule has 5 heteroatoms. The number of rotatable bonds is 3. The van der Waals surface area contributed by atoms with Crippen LogP contribution in [-0.2, 0) is 9.84 Å². The molecule has 0 bridgehead atoms. The van der Waals surface area contributed by atoms with Gasteiger partial charge < -0.3 is 0 Å². The molecular weight excluding hydrogens is 350 g/mol. The van der Waals surface area contributed by atoms with Gasteiger partial charge in [-0.25, -0.2) is 8.42 Å². The van der Waals surface area contributed by atoms with Crippen LogP contribution in [0.2, 0.25) is 0 Å². The summed E-state index contributed by atoms with van der Waals surface area (Å²) in [4.78, 5) is 0.287. The van der Waals surface area contributed by atoms with Crippen molar-refractivity contribution in [3.8, 4) is 6.07 Å². The van der Waals surface area contributed by atoms with Gasteiger partial charge in [0, 0.05) is 10.4 Å². The molecule has 2 aromatic carbocycles. The van der Waals surface area contributed by atoms with E-state index in [1.807, 2.05) is 24.3 Å². The Morgan fingerprint density at radius 3 is 2.19 bits per heavy atom. The second-order valence-corrected chi connectivity index (χ2v) is 8.08. The zero-order valence-electron chi connectivity index (χ0n) is 11.0. The summed E-state index contributed by atoms with van der Waals surface area (Å²) in [6.45, 7) is 0. The van der Waals surface area contributed by atoms with Gasteiger partial charge in [-0.3, -0.25) is 0 Å². The third-order valence-electron chi connectivity index (χ3n) is 3.79. The highest BCUT2D eigenvalue weighted by Crippen LogP contribution is 2.53. The van der Waals surface area contributed by atoms with Crippen molar-refractivity contribution in [1.82, 2.24) is 0 Å². The molecule has 0 aromatic heterocycles. The minimum atomic E-state index is -3.47. The van der Waals surface area contributed by atoms with Gasteiger partial charge in [0.1, 0.15) is 0 Å². The third-order valence-corrected chi connectivity index (χ3v) is 6.55. The van der Waals surface area contributed by atoms with Crippen molar-refractivity contribution in [2.45, 2.75) is 16.1 Å². The van der Waals surface area contributed by atoms with Crippen molar-refractivity contribution in [3.05, 3.63) is 64.6 Å². The topological polar surface area (TPSA) is 57.9 Å². The van der Waals surface area contributed by atoms with Crippen LogP contribution in [0.1, 0.15) is 11.5 Å². The molecule has 0 spiro atoms. The second kappa shape index (κ2) is 5.28. The zero-order chi connectivity index (χ0) is 15.0. The summed E-state index contributed by atoms with van der Waals surface area (Å²) in [5.41, 5.74) is 0.897. The van der Waals surface area contributed by atoms with Crippen LogP contribution in [0, 0.1) is 17.2 Å². The number of sulfone groups is 1. The van der Waals surface area contributed by atoms with Crippen LogP contribution in [0.4, 0.5) is 0 Å². The fourth-order valence-corrected chi connectivity index (χ4v) is 5.03. The first-order valence-electron chi connectivity index (χ1n) is 6.50. The Bertz CT molecular complexity index is 794. The first-order chi connectivity index (χ1) is 10.1. The van der Waals surface area contributed by atoms with Crippen molar-refractivity contribution < 1.29 is 8.42 Å². The number of nitrogens with zero attached hydrogens (tertiary/aromatic N) is 1. The minimum absolute atomic E-state index is 0.242. The Morgan fingerprint density at radius 1 is 1.00 bits per heavy atom. The summed E-state index contributed by atoms with van der Waals surface area (Å²) in [6.07, 6.45) is 0. The number of halogens is 1. The van der Waals surface area contributed by atoms with E-state index >= 15 is 0 Å². The fraction of sp³-hybridized carbons (Fsp3) is 0.188. The van der Waals surface area contributed by atoms with E-state index in [0.717, 1.165) is 10.0 Å². The van der Waals surface area contributed by atoms with E-state index in [0.29, 0.717) is 0 Å². The zero-order valence-corrected chi connectivity index (χ0v) is 13.4. The molecule has 0 unspecified atom stereocenters. The van der Waals surface area contributed by atoms with Crippen molar-refractivity contribution in [1.29, 1.82) is 5.26 Å². The lowest BCUT2D eigenvalue weighted by atomic mass is 10.1. The first kappa shape index (κ1) is 14.3. The normalized spacial score (nSPS) is 24.3. The van der Waals surface area contributed by atoms with Gasteiger partial charge in [0.05, 0.1) is 22.1 Å². The molecule has 0 aliphatic heterocycles. The molecule has 0 N–H and O–H groups in total. The molecule has 3 rings (SSSR count). The predicted molar refractivity (Wildman–Crippen MR) is 83.4 cm³/mol. The average molecular weight is 362 g/mol. The predicted octanol–water partition coefficient (Wildman–Crippen LogP) is 3.53. The standard InChI is InChI=1S/C16H12BrNO2S/c17-12-8-6-11(7-9-12)15-14(10-18)16(15)21(19,20)13-4-2-1-3-5-13/h1-9,14-16H/t14-,15-,16+/m1/s1.